The molecule has 0 N–H and O–H groups in total. The number of rotatable bonds is 2. The van der Waals surface area contributed by atoms with E-state index in [4.69, 9.17) is 11.6 Å². The highest BCUT2D eigenvalue weighted by molar-refractivity contribution is 7.86. The molecule has 0 radical (unpaired) electrons. The normalized spacial score (nSPS) is 14.0. The van der Waals surface area contributed by atoms with Crippen LogP contribution in [-0.4, -0.2) is 8.42 Å². The molecule has 0 aliphatic rings. The highest BCUT2D eigenvalue weighted by Crippen LogP contribution is 2.26. The molecule has 0 aliphatic heterocycles. The molecule has 6 heteroatoms. The van der Waals surface area contributed by atoms with Crippen LogP contribution in [-0.2, 0) is 10.2 Å². The van der Waals surface area contributed by atoms with Gasteiger partial charge < -0.3 is 0 Å². The van der Waals surface area contributed by atoms with Crippen LogP contribution in [0.1, 0.15) is 17.7 Å². The largest absolute Gasteiger partial charge is 0.309 e. The summed E-state index contributed by atoms with van der Waals surface area (Å²) in [6, 6.07) is 3.28. The van der Waals surface area contributed by atoms with Crippen LogP contribution in [0.3, 0.4) is 0 Å². The molecule has 0 bridgehead atoms. The summed E-state index contributed by atoms with van der Waals surface area (Å²) in [7, 11) is -4.67. The van der Waals surface area contributed by atoms with Gasteiger partial charge in [-0.2, -0.15) is 8.42 Å². The van der Waals surface area contributed by atoms with Crippen LogP contribution in [0.15, 0.2) is 18.2 Å². The summed E-state index contributed by atoms with van der Waals surface area (Å²) in [6.07, 6.45) is 0. The summed E-state index contributed by atoms with van der Waals surface area (Å²) in [5.74, 6) is -0.668. The Morgan fingerprint density at radius 1 is 1.43 bits per heavy atom. The minimum atomic E-state index is -4.67. The molecule has 0 saturated heterocycles. The van der Waals surface area contributed by atoms with Crippen LogP contribution in [0.25, 0.3) is 0 Å². The minimum absolute atomic E-state index is 0.124. The molecular weight excluding hydrogens is 234 g/mol. The maximum atomic E-state index is 12.7. The topological polar surface area (TPSA) is 34.1 Å². The lowest BCUT2D eigenvalue weighted by atomic mass is 10.2. The summed E-state index contributed by atoms with van der Waals surface area (Å²) in [5, 5.41) is -1.56. The van der Waals surface area contributed by atoms with Gasteiger partial charge in [-0.3, -0.25) is 0 Å². The van der Waals surface area contributed by atoms with E-state index in [0.717, 1.165) is 12.1 Å². The molecule has 1 rings (SSSR count). The minimum Gasteiger partial charge on any atom is -0.205 e. The van der Waals surface area contributed by atoms with Crippen molar-refractivity contribution in [2.75, 3.05) is 0 Å². The molecule has 0 spiro atoms. The fourth-order valence-electron chi connectivity index (χ4n) is 0.928. The SMILES string of the molecule is CC(c1ccc(F)c(Cl)c1)S(=O)(=O)F. The van der Waals surface area contributed by atoms with Gasteiger partial charge >= 0.3 is 10.2 Å². The fourth-order valence-corrected chi connectivity index (χ4v) is 1.59. The average molecular weight is 241 g/mol. The zero-order chi connectivity index (χ0) is 10.9. The second-order valence-corrected chi connectivity index (χ2v) is 4.86. The molecule has 78 valence electrons. The maximum Gasteiger partial charge on any atom is 0.309 e. The van der Waals surface area contributed by atoms with Gasteiger partial charge in [-0.15, -0.1) is 3.89 Å². The molecule has 0 aromatic heterocycles. The Morgan fingerprint density at radius 2 is 2.00 bits per heavy atom. The Hall–Kier alpha value is -0.680. The average Bonchev–Trinajstić information content (AvgIpc) is 2.07. The third kappa shape index (κ3) is 2.42. The standard InChI is InChI=1S/C8H7ClF2O2S/c1-5(14(11,12)13)6-2-3-8(10)7(9)4-6/h2-5H,1H3. The van der Waals surface area contributed by atoms with E-state index in [9.17, 15) is 16.7 Å². The molecule has 1 aromatic rings. The second kappa shape index (κ2) is 3.82. The molecular formula is C8H7ClF2O2S. The second-order valence-electron chi connectivity index (χ2n) is 2.79. The van der Waals surface area contributed by atoms with Crippen LogP contribution >= 0.6 is 11.6 Å². The van der Waals surface area contributed by atoms with Crippen molar-refractivity contribution >= 4 is 21.8 Å². The third-order valence-electron chi connectivity index (χ3n) is 1.84. The predicted molar refractivity (Wildman–Crippen MR) is 49.9 cm³/mol. The smallest absolute Gasteiger partial charge is 0.205 e. The fraction of sp³-hybridized carbons (Fsp3) is 0.250. The van der Waals surface area contributed by atoms with Crippen molar-refractivity contribution in [3.63, 3.8) is 0 Å². The number of benzene rings is 1. The van der Waals surface area contributed by atoms with Gasteiger partial charge in [0.2, 0.25) is 0 Å². The number of halogens is 3. The Labute approximate surface area is 85.7 Å². The van der Waals surface area contributed by atoms with Crippen LogP contribution in [0, 0.1) is 5.82 Å². The summed E-state index contributed by atoms with van der Waals surface area (Å²) >= 11 is 5.42. The van der Waals surface area contributed by atoms with Crippen molar-refractivity contribution in [1.29, 1.82) is 0 Å². The van der Waals surface area contributed by atoms with E-state index >= 15 is 0 Å². The molecule has 2 nitrogen and oxygen atoms in total. The Morgan fingerprint density at radius 3 is 2.43 bits per heavy atom. The van der Waals surface area contributed by atoms with Gasteiger partial charge in [0.25, 0.3) is 0 Å². The van der Waals surface area contributed by atoms with E-state index in [1.54, 1.807) is 0 Å². The van der Waals surface area contributed by atoms with Crippen molar-refractivity contribution in [3.05, 3.63) is 34.6 Å². The Kier molecular flexibility index (Phi) is 3.11. The molecule has 0 amide bonds. The predicted octanol–water partition coefficient (Wildman–Crippen LogP) is 2.84. The van der Waals surface area contributed by atoms with E-state index in [0.29, 0.717) is 0 Å². The van der Waals surface area contributed by atoms with Gasteiger partial charge in [0, 0.05) is 0 Å². The summed E-state index contributed by atoms with van der Waals surface area (Å²) in [5.41, 5.74) is 0.124. The third-order valence-corrected chi connectivity index (χ3v) is 3.24. The monoisotopic (exact) mass is 240 g/mol. The first-order chi connectivity index (χ1) is 6.32. The van der Waals surface area contributed by atoms with Crippen LogP contribution in [0.2, 0.25) is 5.02 Å². The van der Waals surface area contributed by atoms with E-state index in [1.165, 1.54) is 13.0 Å². The maximum absolute atomic E-state index is 12.7. The van der Waals surface area contributed by atoms with Gasteiger partial charge in [-0.05, 0) is 24.6 Å². The van der Waals surface area contributed by atoms with E-state index in [-0.39, 0.29) is 10.6 Å². The van der Waals surface area contributed by atoms with E-state index in [2.05, 4.69) is 0 Å². The lowest BCUT2D eigenvalue weighted by Crippen LogP contribution is -2.03. The highest BCUT2D eigenvalue weighted by atomic mass is 35.5. The molecule has 1 unspecified atom stereocenters. The van der Waals surface area contributed by atoms with Gasteiger partial charge in [-0.25, -0.2) is 4.39 Å². The van der Waals surface area contributed by atoms with Crippen molar-refractivity contribution in [1.82, 2.24) is 0 Å². The van der Waals surface area contributed by atoms with Crippen molar-refractivity contribution in [3.8, 4) is 0 Å². The van der Waals surface area contributed by atoms with Crippen LogP contribution in [0.4, 0.5) is 8.28 Å². The number of hydrogen-bond acceptors (Lipinski definition) is 2. The lowest BCUT2D eigenvalue weighted by molar-refractivity contribution is 0.540. The molecule has 0 aliphatic carbocycles. The molecule has 14 heavy (non-hydrogen) atoms. The van der Waals surface area contributed by atoms with Gasteiger partial charge in [0.15, 0.2) is 0 Å². The summed E-state index contributed by atoms with van der Waals surface area (Å²) in [6.45, 7) is 1.17. The van der Waals surface area contributed by atoms with Crippen molar-refractivity contribution < 1.29 is 16.7 Å². The number of hydrogen-bond donors (Lipinski definition) is 0. The zero-order valence-corrected chi connectivity index (χ0v) is 8.74. The zero-order valence-electron chi connectivity index (χ0n) is 7.17. The molecule has 1 aromatic carbocycles. The lowest BCUT2D eigenvalue weighted by Gasteiger charge is -2.07. The van der Waals surface area contributed by atoms with E-state index < -0.39 is 21.3 Å². The first kappa shape index (κ1) is 11.4. The van der Waals surface area contributed by atoms with Gasteiger partial charge in [-0.1, -0.05) is 17.7 Å². The Bertz CT molecular complexity index is 445. The van der Waals surface area contributed by atoms with Gasteiger partial charge in [0.1, 0.15) is 11.1 Å². The molecule has 1 atom stereocenters. The van der Waals surface area contributed by atoms with Crippen molar-refractivity contribution in [2.24, 2.45) is 0 Å². The molecule has 0 heterocycles. The van der Waals surface area contributed by atoms with E-state index in [1.807, 2.05) is 0 Å². The van der Waals surface area contributed by atoms with Crippen LogP contribution in [0.5, 0.6) is 0 Å². The van der Waals surface area contributed by atoms with Crippen LogP contribution < -0.4 is 0 Å². The van der Waals surface area contributed by atoms with Crippen molar-refractivity contribution in [2.45, 2.75) is 12.2 Å². The first-order valence-corrected chi connectivity index (χ1v) is 5.53. The van der Waals surface area contributed by atoms with Gasteiger partial charge in [0.05, 0.1) is 5.02 Å². The molecule has 0 saturated carbocycles. The highest BCUT2D eigenvalue weighted by Gasteiger charge is 2.22. The first-order valence-electron chi connectivity index (χ1n) is 3.71. The summed E-state index contributed by atoms with van der Waals surface area (Å²) < 4.78 is 46.3. The quantitative estimate of drug-likeness (QED) is 0.745. The molecule has 0 fully saturated rings. The Balaban J connectivity index is 3.16. The summed E-state index contributed by atoms with van der Waals surface area (Å²) in [4.78, 5) is 0.